The highest BCUT2D eigenvalue weighted by atomic mass is 32.1. The van der Waals surface area contributed by atoms with E-state index in [2.05, 4.69) is 60.7 Å². The largest absolute Gasteiger partial charge is 0.497 e. The Kier molecular flexibility index (Phi) is 7.90. The Labute approximate surface area is 282 Å². The number of rotatable bonds is 8. The molecule has 48 heavy (non-hydrogen) atoms. The van der Waals surface area contributed by atoms with E-state index in [9.17, 15) is 4.79 Å². The van der Waals surface area contributed by atoms with Crippen LogP contribution in [0, 0.1) is 0 Å². The molecule has 0 radical (unpaired) electrons. The molecule has 0 N–H and O–H groups in total. The van der Waals surface area contributed by atoms with Crippen molar-refractivity contribution in [3.63, 3.8) is 0 Å². The van der Waals surface area contributed by atoms with Gasteiger partial charge in [0.25, 0.3) is 5.56 Å². The molecule has 0 unspecified atom stereocenters. The first-order valence-corrected chi connectivity index (χ1v) is 17.1. The molecule has 7 heteroatoms. The van der Waals surface area contributed by atoms with Gasteiger partial charge in [-0.25, -0.2) is 4.99 Å². The maximum absolute atomic E-state index is 14.3. The fourth-order valence-electron chi connectivity index (χ4n) is 6.86. The summed E-state index contributed by atoms with van der Waals surface area (Å²) < 4.78 is 20.4. The molecule has 0 saturated carbocycles. The summed E-state index contributed by atoms with van der Waals surface area (Å²) in [5.74, 6) is 2.06. The topological polar surface area (TPSA) is 62.0 Å². The van der Waals surface area contributed by atoms with E-state index in [1.54, 1.807) is 7.11 Å². The van der Waals surface area contributed by atoms with Gasteiger partial charge in [-0.3, -0.25) is 9.36 Å². The lowest BCUT2D eigenvalue weighted by atomic mass is 9.83. The predicted molar refractivity (Wildman–Crippen MR) is 192 cm³/mol. The predicted octanol–water partition coefficient (Wildman–Crippen LogP) is 7.46. The third kappa shape index (κ3) is 5.40. The van der Waals surface area contributed by atoms with Crippen LogP contribution in [0.4, 0.5) is 0 Å². The Morgan fingerprint density at radius 2 is 1.71 bits per heavy atom. The van der Waals surface area contributed by atoms with Crippen molar-refractivity contribution in [1.82, 2.24) is 4.57 Å². The molecule has 8 rings (SSSR count). The van der Waals surface area contributed by atoms with Gasteiger partial charge in [-0.15, -0.1) is 0 Å². The number of hydrogen-bond donors (Lipinski definition) is 0. The van der Waals surface area contributed by atoms with E-state index in [0.717, 1.165) is 52.1 Å². The molecule has 0 amide bonds. The maximum atomic E-state index is 14.3. The molecule has 2 heterocycles. The van der Waals surface area contributed by atoms with Crippen LogP contribution >= 0.6 is 11.3 Å². The molecule has 6 nitrogen and oxygen atoms in total. The van der Waals surface area contributed by atoms with Crippen LogP contribution in [0.2, 0.25) is 0 Å². The molecule has 2 aliphatic rings. The Hall–Kier alpha value is -5.40. The number of nitrogens with zero attached hydrogens (tertiary/aromatic N) is 2. The molecule has 0 spiro atoms. The van der Waals surface area contributed by atoms with Crippen molar-refractivity contribution < 1.29 is 14.2 Å². The summed E-state index contributed by atoms with van der Waals surface area (Å²) in [6, 6.07) is 36.6. The van der Waals surface area contributed by atoms with E-state index in [1.165, 1.54) is 27.7 Å². The molecule has 0 saturated heterocycles. The van der Waals surface area contributed by atoms with E-state index < -0.39 is 0 Å². The van der Waals surface area contributed by atoms with Crippen LogP contribution in [0.25, 0.3) is 22.5 Å². The van der Waals surface area contributed by atoms with Crippen molar-refractivity contribution >= 4 is 33.9 Å². The van der Waals surface area contributed by atoms with Crippen molar-refractivity contribution in [3.8, 4) is 17.2 Å². The quantitative estimate of drug-likeness (QED) is 0.172. The van der Waals surface area contributed by atoms with Gasteiger partial charge in [-0.2, -0.15) is 0 Å². The lowest BCUT2D eigenvalue weighted by molar-refractivity contribution is 0.270. The number of methoxy groups -OCH3 is 1. The number of aryl methyl sites for hydroxylation is 1. The van der Waals surface area contributed by atoms with Gasteiger partial charge in [-0.05, 0) is 88.7 Å². The molecule has 6 aromatic rings. The van der Waals surface area contributed by atoms with Crippen LogP contribution in [0.15, 0.2) is 125 Å². The lowest BCUT2D eigenvalue weighted by Crippen LogP contribution is -2.38. The van der Waals surface area contributed by atoms with Crippen molar-refractivity contribution in [2.75, 3.05) is 13.7 Å². The first-order chi connectivity index (χ1) is 23.6. The molecular formula is C41H34N2O4S. The number of aromatic nitrogens is 1. The van der Waals surface area contributed by atoms with Crippen LogP contribution in [0.5, 0.6) is 17.2 Å². The summed E-state index contributed by atoms with van der Waals surface area (Å²) in [7, 11) is 1.67. The average Bonchev–Trinajstić information content (AvgIpc) is 3.44. The third-order valence-corrected chi connectivity index (χ3v) is 10.1. The summed E-state index contributed by atoms with van der Waals surface area (Å²) in [4.78, 5) is 20.1. The molecule has 238 valence electrons. The molecule has 0 fully saturated rings. The van der Waals surface area contributed by atoms with Crippen molar-refractivity contribution in [2.24, 2.45) is 4.99 Å². The number of hydrogen-bond acceptors (Lipinski definition) is 6. The third-order valence-electron chi connectivity index (χ3n) is 9.11. The van der Waals surface area contributed by atoms with Crippen LogP contribution in [-0.2, 0) is 13.0 Å². The average molecular weight is 651 g/mol. The van der Waals surface area contributed by atoms with Gasteiger partial charge in [0.15, 0.2) is 16.3 Å². The SMILES string of the molecule is CCOc1cc(/C=c2/sc3n(c2=O)[C@@H](c2cccc(OC)c2)C2=C(N=3)c3ccccc3CC2)ccc1OCc1cccc2ccccc12. The summed E-state index contributed by atoms with van der Waals surface area (Å²) in [6.45, 7) is 2.86. The Morgan fingerprint density at radius 3 is 2.60 bits per heavy atom. The zero-order chi connectivity index (χ0) is 32.6. The minimum atomic E-state index is -0.273. The summed E-state index contributed by atoms with van der Waals surface area (Å²) >= 11 is 1.42. The van der Waals surface area contributed by atoms with Crippen molar-refractivity contribution in [1.29, 1.82) is 0 Å². The van der Waals surface area contributed by atoms with Crippen LogP contribution in [0.3, 0.4) is 0 Å². The number of thiazole rings is 1. The zero-order valence-corrected chi connectivity index (χ0v) is 27.6. The fourth-order valence-corrected chi connectivity index (χ4v) is 7.86. The summed E-state index contributed by atoms with van der Waals surface area (Å²) in [5.41, 5.74) is 7.47. The second-order valence-corrected chi connectivity index (χ2v) is 13.0. The molecule has 1 atom stereocenters. The maximum Gasteiger partial charge on any atom is 0.271 e. The smallest absolute Gasteiger partial charge is 0.271 e. The number of allylic oxidation sites excluding steroid dienone is 1. The standard InChI is InChI=1S/C41H34N2O4S/c1-3-46-36-22-26(18-21-35(36)47-25-30-14-8-12-27-10-4-6-16-32(27)30)23-37-40(44)43-39(29-13-9-15-31(24-29)45-2)34-20-19-28-11-5-7-17-33(28)38(34)42-41(43)48-37/h4-18,21-24,39H,3,19-20,25H2,1-2H3/b37-23+/t39-/m0/s1. The molecule has 0 bridgehead atoms. The van der Waals surface area contributed by atoms with Gasteiger partial charge in [0.05, 0.1) is 30.0 Å². The second kappa shape index (κ2) is 12.7. The van der Waals surface area contributed by atoms with Gasteiger partial charge >= 0.3 is 0 Å². The number of ether oxygens (including phenoxy) is 3. The van der Waals surface area contributed by atoms with Gasteiger partial charge in [0.2, 0.25) is 0 Å². The highest BCUT2D eigenvalue weighted by Crippen LogP contribution is 2.41. The molecule has 1 aromatic heterocycles. The van der Waals surface area contributed by atoms with Crippen LogP contribution in [0.1, 0.15) is 47.2 Å². The van der Waals surface area contributed by atoms with Crippen LogP contribution in [-0.4, -0.2) is 18.3 Å². The van der Waals surface area contributed by atoms with Gasteiger partial charge < -0.3 is 14.2 Å². The first-order valence-electron chi connectivity index (χ1n) is 16.2. The van der Waals surface area contributed by atoms with E-state index in [0.29, 0.717) is 34.0 Å². The molecular weight excluding hydrogens is 617 g/mol. The van der Waals surface area contributed by atoms with Crippen LogP contribution < -0.4 is 29.1 Å². The molecule has 1 aliphatic heterocycles. The Balaban J connectivity index is 1.20. The fraction of sp³-hybridized carbons (Fsp3) is 0.171. The zero-order valence-electron chi connectivity index (χ0n) is 26.8. The highest BCUT2D eigenvalue weighted by molar-refractivity contribution is 7.07. The van der Waals surface area contributed by atoms with E-state index in [4.69, 9.17) is 19.2 Å². The van der Waals surface area contributed by atoms with Crippen molar-refractivity contribution in [3.05, 3.63) is 162 Å². The Morgan fingerprint density at radius 1 is 0.875 bits per heavy atom. The highest BCUT2D eigenvalue weighted by Gasteiger charge is 2.32. The second-order valence-electron chi connectivity index (χ2n) is 12.0. The van der Waals surface area contributed by atoms with Gasteiger partial charge in [0, 0.05) is 5.56 Å². The summed E-state index contributed by atoms with van der Waals surface area (Å²) in [5, 5.41) is 2.35. The number of fused-ring (bicyclic) bond motifs is 4. The minimum Gasteiger partial charge on any atom is -0.497 e. The first kappa shape index (κ1) is 30.0. The summed E-state index contributed by atoms with van der Waals surface area (Å²) in [6.07, 6.45) is 3.67. The monoisotopic (exact) mass is 650 g/mol. The van der Waals surface area contributed by atoms with Gasteiger partial charge in [0.1, 0.15) is 12.4 Å². The number of benzene rings is 5. The minimum absolute atomic E-state index is 0.0637. The molecule has 1 aliphatic carbocycles. The van der Waals surface area contributed by atoms with E-state index in [-0.39, 0.29) is 11.6 Å². The van der Waals surface area contributed by atoms with E-state index in [1.807, 2.05) is 66.1 Å². The van der Waals surface area contributed by atoms with Crippen molar-refractivity contribution in [2.45, 2.75) is 32.4 Å². The van der Waals surface area contributed by atoms with Gasteiger partial charge in [-0.1, -0.05) is 96.3 Å². The Bertz CT molecular complexity index is 2400. The van der Waals surface area contributed by atoms with E-state index >= 15 is 0 Å². The lowest BCUT2D eigenvalue weighted by Gasteiger charge is -2.31. The normalized spacial score (nSPS) is 15.4. The molecule has 5 aromatic carbocycles.